The van der Waals surface area contributed by atoms with E-state index in [0.29, 0.717) is 23.9 Å². The number of carbonyl (C=O) groups is 2. The predicted octanol–water partition coefficient (Wildman–Crippen LogP) is 19.5. The van der Waals surface area contributed by atoms with Gasteiger partial charge in [-0.1, -0.05) is 250 Å². The van der Waals surface area contributed by atoms with Gasteiger partial charge in [0.2, 0.25) is 0 Å². The number of quaternary nitrogens is 1. The number of phosphoric ester groups is 1. The maximum atomic E-state index is 12.8. The molecule has 2 unspecified atom stereocenters. The Morgan fingerprint density at radius 3 is 1.08 bits per heavy atom. The van der Waals surface area contributed by atoms with Crippen LogP contribution in [0, 0.1) is 0 Å². The highest BCUT2D eigenvalue weighted by molar-refractivity contribution is 7.47. The van der Waals surface area contributed by atoms with Gasteiger partial charge < -0.3 is 18.9 Å². The molecule has 2 atom stereocenters. The van der Waals surface area contributed by atoms with Gasteiger partial charge in [0.05, 0.1) is 27.7 Å². The van der Waals surface area contributed by atoms with Gasteiger partial charge in [0.1, 0.15) is 19.8 Å². The van der Waals surface area contributed by atoms with E-state index in [1.165, 1.54) is 83.5 Å². The summed E-state index contributed by atoms with van der Waals surface area (Å²) in [6.07, 6.45) is 85.2. The average molecular weight is 1100 g/mol. The van der Waals surface area contributed by atoms with Crippen LogP contribution in [0.4, 0.5) is 0 Å². The highest BCUT2D eigenvalue weighted by Gasteiger charge is 2.27. The number of rotatable bonds is 54. The van der Waals surface area contributed by atoms with Crippen molar-refractivity contribution in [1.82, 2.24) is 0 Å². The first-order valence-electron chi connectivity index (χ1n) is 30.6. The molecule has 0 bridgehead atoms. The van der Waals surface area contributed by atoms with Crippen LogP contribution in [0.3, 0.4) is 0 Å². The Morgan fingerprint density at radius 2 is 0.718 bits per heavy atom. The van der Waals surface area contributed by atoms with Crippen LogP contribution >= 0.6 is 7.82 Å². The molecule has 0 amide bonds. The molecule has 0 saturated carbocycles. The van der Waals surface area contributed by atoms with Crippen LogP contribution in [0.25, 0.3) is 0 Å². The normalized spacial score (nSPS) is 14.3. The highest BCUT2D eigenvalue weighted by Crippen LogP contribution is 2.43. The van der Waals surface area contributed by atoms with Crippen molar-refractivity contribution < 1.29 is 42.1 Å². The number of allylic oxidation sites excluding steroid dienone is 24. The van der Waals surface area contributed by atoms with E-state index >= 15 is 0 Å². The molecule has 1 N–H and O–H groups in total. The first kappa shape index (κ1) is 73.9. The summed E-state index contributed by atoms with van der Waals surface area (Å²) < 4.78 is 34.5. The summed E-state index contributed by atoms with van der Waals surface area (Å²) >= 11 is 0. The Kier molecular flexibility index (Phi) is 54.5. The zero-order valence-corrected chi connectivity index (χ0v) is 51.0. The van der Waals surface area contributed by atoms with Gasteiger partial charge in [-0.2, -0.15) is 0 Å². The third-order valence-electron chi connectivity index (χ3n) is 12.4. The fourth-order valence-electron chi connectivity index (χ4n) is 7.75. The standard InChI is InChI=1S/C68H112NO8P/c1-6-8-10-12-14-16-18-20-22-24-26-27-28-29-30-31-32-33-34-35-36-37-38-39-40-41-43-45-47-49-51-53-55-57-59-61-68(71)77-66(65-76-78(72,73)75-63-62-69(3,4)5)64-74-67(70)60-58-56-54-52-50-48-46-44-42-25-23-21-19-17-15-13-11-9-7-2/h8-11,14-17,20-23,26-27,29-30,32-33,42,44,48,50,54,56,66H,6-7,12-13,18-19,24-25,28,31,34-41,43,45-47,49,51-53,55,57-65H2,1-5H3/p+1/b10-8-,11-9-,16-14-,17-15-,22-20-,23-21-,27-26-,30-29-,33-32-,44-42-,50-48-,56-54-. The summed E-state index contributed by atoms with van der Waals surface area (Å²) in [4.78, 5) is 35.7. The van der Waals surface area contributed by atoms with Gasteiger partial charge in [-0.15, -0.1) is 0 Å². The molecule has 0 aromatic carbocycles. The van der Waals surface area contributed by atoms with E-state index in [2.05, 4.69) is 148 Å². The van der Waals surface area contributed by atoms with Crippen molar-refractivity contribution in [2.75, 3.05) is 47.5 Å². The zero-order chi connectivity index (χ0) is 57.0. The Hall–Kier alpha value is -4.11. The lowest BCUT2D eigenvalue weighted by molar-refractivity contribution is -0.870. The fourth-order valence-corrected chi connectivity index (χ4v) is 8.49. The minimum atomic E-state index is -4.41. The molecule has 0 fully saturated rings. The van der Waals surface area contributed by atoms with Crippen molar-refractivity contribution >= 4 is 19.8 Å². The largest absolute Gasteiger partial charge is 0.472 e. The molecule has 0 saturated heterocycles. The number of likely N-dealkylation sites (N-methyl/N-ethyl adjacent to an activating group) is 1. The van der Waals surface area contributed by atoms with Crippen molar-refractivity contribution in [2.45, 2.75) is 225 Å². The Balaban J connectivity index is 4.16. The molecule has 78 heavy (non-hydrogen) atoms. The Morgan fingerprint density at radius 1 is 0.397 bits per heavy atom. The predicted molar refractivity (Wildman–Crippen MR) is 334 cm³/mol. The van der Waals surface area contributed by atoms with Crippen molar-refractivity contribution in [3.05, 3.63) is 146 Å². The second kappa shape index (κ2) is 57.6. The summed E-state index contributed by atoms with van der Waals surface area (Å²) in [5.41, 5.74) is 0. The Labute approximate surface area is 478 Å². The van der Waals surface area contributed by atoms with E-state index in [4.69, 9.17) is 18.5 Å². The number of carbonyl (C=O) groups excluding carboxylic acids is 2. The third-order valence-corrected chi connectivity index (χ3v) is 13.4. The molecule has 0 aromatic heterocycles. The summed E-state index contributed by atoms with van der Waals surface area (Å²) in [6.45, 7) is 4.11. The molecule has 0 heterocycles. The lowest BCUT2D eigenvalue weighted by atomic mass is 10.0. The van der Waals surface area contributed by atoms with E-state index < -0.39 is 32.5 Å². The number of unbranched alkanes of at least 4 members (excludes halogenated alkanes) is 16. The SMILES string of the molecule is CC/C=C\C/C=C\C/C=C\C/C=C\C/C=C\C/C=C\CCCCCCCCCCCCCCCCCCC(=O)OC(COC(=O)CC/C=C\C/C=C\C/C=C\C/C=C\C/C=C\C/C=C\CC)COP(=O)(O)OCC[N+](C)(C)C. The van der Waals surface area contributed by atoms with Crippen molar-refractivity contribution in [3.63, 3.8) is 0 Å². The number of hydrogen-bond acceptors (Lipinski definition) is 7. The molecule has 0 aliphatic carbocycles. The molecule has 9 nitrogen and oxygen atoms in total. The summed E-state index contributed by atoms with van der Waals surface area (Å²) in [7, 11) is 1.42. The lowest BCUT2D eigenvalue weighted by Gasteiger charge is -2.24. The molecule has 0 aromatic rings. The van der Waals surface area contributed by atoms with Crippen LogP contribution < -0.4 is 0 Å². The average Bonchev–Trinajstić information content (AvgIpc) is 3.41. The number of nitrogens with zero attached hydrogens (tertiary/aromatic N) is 1. The van der Waals surface area contributed by atoms with Gasteiger partial charge in [-0.3, -0.25) is 18.6 Å². The van der Waals surface area contributed by atoms with Gasteiger partial charge in [0, 0.05) is 12.8 Å². The third kappa shape index (κ3) is 61.1. The molecule has 0 rings (SSSR count). The van der Waals surface area contributed by atoms with E-state index in [9.17, 15) is 19.0 Å². The number of ether oxygens (including phenoxy) is 2. The van der Waals surface area contributed by atoms with Crippen LogP contribution in [-0.4, -0.2) is 74.9 Å². The summed E-state index contributed by atoms with van der Waals surface area (Å²) in [5, 5.41) is 0. The number of phosphoric acid groups is 1. The lowest BCUT2D eigenvalue weighted by Crippen LogP contribution is -2.37. The second-order valence-electron chi connectivity index (χ2n) is 21.0. The summed E-state index contributed by atoms with van der Waals surface area (Å²) in [5.74, 6) is -0.902. The van der Waals surface area contributed by atoms with Gasteiger partial charge in [0.25, 0.3) is 0 Å². The monoisotopic (exact) mass is 1100 g/mol. The maximum absolute atomic E-state index is 12.8. The zero-order valence-electron chi connectivity index (χ0n) is 50.1. The second-order valence-corrected chi connectivity index (χ2v) is 22.4. The van der Waals surface area contributed by atoms with Crippen LogP contribution in [0.5, 0.6) is 0 Å². The molecular weight excluding hydrogens is 990 g/mol. The quantitative estimate of drug-likeness (QED) is 0.0211. The molecule has 0 aliphatic heterocycles. The smallest absolute Gasteiger partial charge is 0.462 e. The molecule has 0 radical (unpaired) electrons. The maximum Gasteiger partial charge on any atom is 0.472 e. The minimum Gasteiger partial charge on any atom is -0.462 e. The van der Waals surface area contributed by atoms with Crippen LogP contribution in [0.1, 0.15) is 219 Å². The van der Waals surface area contributed by atoms with Crippen molar-refractivity contribution in [3.8, 4) is 0 Å². The van der Waals surface area contributed by atoms with Crippen molar-refractivity contribution in [2.24, 2.45) is 0 Å². The van der Waals surface area contributed by atoms with Gasteiger partial charge in [0.15, 0.2) is 6.10 Å². The van der Waals surface area contributed by atoms with E-state index in [1.807, 2.05) is 33.3 Å². The minimum absolute atomic E-state index is 0.0137. The van der Waals surface area contributed by atoms with Gasteiger partial charge in [-0.05, 0) is 103 Å². The summed E-state index contributed by atoms with van der Waals surface area (Å²) in [6, 6.07) is 0. The van der Waals surface area contributed by atoms with Crippen LogP contribution in [0.2, 0.25) is 0 Å². The van der Waals surface area contributed by atoms with Gasteiger partial charge >= 0.3 is 19.8 Å². The molecule has 0 aliphatic rings. The topological polar surface area (TPSA) is 108 Å². The van der Waals surface area contributed by atoms with Crippen molar-refractivity contribution in [1.29, 1.82) is 0 Å². The first-order chi connectivity index (χ1) is 38.0. The van der Waals surface area contributed by atoms with Crippen LogP contribution in [0.15, 0.2) is 146 Å². The Bertz CT molecular complexity index is 1820. The first-order valence-corrected chi connectivity index (χ1v) is 32.1. The molecule has 442 valence electrons. The highest BCUT2D eigenvalue weighted by atomic mass is 31.2. The van der Waals surface area contributed by atoms with Crippen LogP contribution in [-0.2, 0) is 32.7 Å². The van der Waals surface area contributed by atoms with E-state index in [0.717, 1.165) is 96.3 Å². The fraction of sp³-hybridized carbons (Fsp3) is 0.618. The van der Waals surface area contributed by atoms with E-state index in [-0.39, 0.29) is 26.1 Å². The number of esters is 2. The number of hydrogen-bond donors (Lipinski definition) is 1. The van der Waals surface area contributed by atoms with Gasteiger partial charge in [-0.25, -0.2) is 4.57 Å². The molecular formula is C68H113NO8P+. The van der Waals surface area contributed by atoms with E-state index in [1.54, 1.807) is 0 Å². The molecule has 0 spiro atoms. The molecule has 10 heteroatoms.